The first-order chi connectivity index (χ1) is 15.4. The Morgan fingerprint density at radius 2 is 1.88 bits per heavy atom. The van der Waals surface area contributed by atoms with E-state index in [0.717, 1.165) is 30.0 Å². The smallest absolute Gasteiger partial charge is 0.330 e. The van der Waals surface area contributed by atoms with Gasteiger partial charge in [0.25, 0.3) is 5.69 Å². The van der Waals surface area contributed by atoms with E-state index in [1.807, 2.05) is 29.6 Å². The van der Waals surface area contributed by atoms with Gasteiger partial charge in [0, 0.05) is 47.8 Å². The second-order valence-electron chi connectivity index (χ2n) is 6.89. The maximum absolute atomic E-state index is 11.6. The highest BCUT2D eigenvalue weighted by molar-refractivity contribution is 7.13. The molecule has 1 atom stereocenters. The number of rotatable bonds is 10. The Hall–Kier alpha value is -3.66. The Labute approximate surface area is 189 Å². The minimum atomic E-state index is -1.25. The van der Waals surface area contributed by atoms with E-state index in [1.54, 1.807) is 6.07 Å². The maximum atomic E-state index is 11.6. The van der Waals surface area contributed by atoms with Crippen LogP contribution in [0.1, 0.15) is 19.4 Å². The molecular formula is C22H23N5O4S. The molecule has 1 heterocycles. The van der Waals surface area contributed by atoms with E-state index >= 15 is 0 Å². The minimum absolute atomic E-state index is 0.138. The molecule has 0 amide bonds. The van der Waals surface area contributed by atoms with E-state index in [-0.39, 0.29) is 17.7 Å². The predicted octanol–water partition coefficient (Wildman–Crippen LogP) is 5.34. The summed E-state index contributed by atoms with van der Waals surface area (Å²) in [6.45, 7) is 6.06. The molecule has 1 unspecified atom stereocenters. The van der Waals surface area contributed by atoms with Crippen molar-refractivity contribution < 1.29 is 14.8 Å². The standard InChI is InChI=1S/C22H23N5O4S/c1-3-26(4-2)17-11-9-15(10-12-17)19-14-32-22(23-19)25-24-18(21(28)29)13-16-7-5-6-8-20(16)27(30)31/h5-12,14,18H,3-4,13H2,1-2H3,(H,28,29). The van der Waals surface area contributed by atoms with Gasteiger partial charge in [0.05, 0.1) is 10.6 Å². The lowest BCUT2D eigenvalue weighted by atomic mass is 10.0. The molecule has 0 saturated carbocycles. The number of carbonyl (C=O) groups is 1. The van der Waals surface area contributed by atoms with Crippen LogP contribution < -0.4 is 4.90 Å². The van der Waals surface area contributed by atoms with E-state index in [1.165, 1.54) is 29.5 Å². The minimum Gasteiger partial charge on any atom is -0.480 e. The van der Waals surface area contributed by atoms with Crippen molar-refractivity contribution in [1.82, 2.24) is 4.98 Å². The maximum Gasteiger partial charge on any atom is 0.330 e. The van der Waals surface area contributed by atoms with Gasteiger partial charge in [-0.2, -0.15) is 5.11 Å². The third-order valence-corrected chi connectivity index (χ3v) is 5.68. The summed E-state index contributed by atoms with van der Waals surface area (Å²) in [7, 11) is 0. The fourth-order valence-electron chi connectivity index (χ4n) is 3.24. The molecule has 0 aliphatic heterocycles. The van der Waals surface area contributed by atoms with Crippen LogP contribution in [-0.2, 0) is 11.2 Å². The lowest BCUT2D eigenvalue weighted by molar-refractivity contribution is -0.385. The van der Waals surface area contributed by atoms with Gasteiger partial charge in [-0.1, -0.05) is 30.3 Å². The van der Waals surface area contributed by atoms with Crippen LogP contribution in [-0.4, -0.2) is 40.1 Å². The van der Waals surface area contributed by atoms with Gasteiger partial charge in [-0.05, 0) is 26.0 Å². The number of hydrogen-bond donors (Lipinski definition) is 1. The number of anilines is 1. The van der Waals surface area contributed by atoms with E-state index in [0.29, 0.717) is 5.13 Å². The number of nitro benzene ring substituents is 1. The van der Waals surface area contributed by atoms with Crippen LogP contribution in [0.2, 0.25) is 0 Å². The molecule has 3 aromatic rings. The molecule has 9 nitrogen and oxygen atoms in total. The fraction of sp³-hybridized carbons (Fsp3) is 0.273. The first-order valence-corrected chi connectivity index (χ1v) is 11.0. The van der Waals surface area contributed by atoms with E-state index in [2.05, 4.69) is 34.0 Å². The number of benzene rings is 2. The molecule has 0 saturated heterocycles. The van der Waals surface area contributed by atoms with Crippen LogP contribution >= 0.6 is 11.3 Å². The monoisotopic (exact) mass is 453 g/mol. The second kappa shape index (κ2) is 10.6. The summed E-state index contributed by atoms with van der Waals surface area (Å²) in [4.78, 5) is 28.9. The van der Waals surface area contributed by atoms with Gasteiger partial charge < -0.3 is 10.0 Å². The van der Waals surface area contributed by atoms with Gasteiger partial charge in [-0.25, -0.2) is 9.78 Å². The quantitative estimate of drug-likeness (QED) is 0.251. The van der Waals surface area contributed by atoms with Crippen molar-refractivity contribution in [1.29, 1.82) is 0 Å². The first-order valence-electron chi connectivity index (χ1n) is 10.1. The molecule has 0 bridgehead atoms. The predicted molar refractivity (Wildman–Crippen MR) is 124 cm³/mol. The zero-order valence-corrected chi connectivity index (χ0v) is 18.5. The summed E-state index contributed by atoms with van der Waals surface area (Å²) < 4.78 is 0. The molecule has 0 spiro atoms. The summed E-state index contributed by atoms with van der Waals surface area (Å²) in [5.41, 5.74) is 2.93. The Morgan fingerprint density at radius 1 is 1.19 bits per heavy atom. The fourth-order valence-corrected chi connectivity index (χ4v) is 3.89. The van der Waals surface area contributed by atoms with Gasteiger partial charge >= 0.3 is 5.97 Å². The van der Waals surface area contributed by atoms with Gasteiger partial charge in [0.15, 0.2) is 6.04 Å². The number of aromatic nitrogens is 1. The Balaban J connectivity index is 1.75. The van der Waals surface area contributed by atoms with Crippen LogP contribution in [0.15, 0.2) is 64.1 Å². The number of nitrogens with zero attached hydrogens (tertiary/aromatic N) is 5. The number of nitro groups is 1. The van der Waals surface area contributed by atoms with Crippen molar-refractivity contribution in [3.05, 3.63) is 69.6 Å². The lowest BCUT2D eigenvalue weighted by Crippen LogP contribution is -2.21. The summed E-state index contributed by atoms with van der Waals surface area (Å²) in [6, 6.07) is 12.8. The summed E-state index contributed by atoms with van der Waals surface area (Å²) >= 11 is 1.25. The summed E-state index contributed by atoms with van der Waals surface area (Å²) in [6.07, 6.45) is -0.138. The number of carboxylic acid groups (broad SMARTS) is 1. The molecule has 32 heavy (non-hydrogen) atoms. The molecule has 1 N–H and O–H groups in total. The van der Waals surface area contributed by atoms with Gasteiger partial charge in [0.1, 0.15) is 0 Å². The van der Waals surface area contributed by atoms with Crippen LogP contribution in [0.3, 0.4) is 0 Å². The highest BCUT2D eigenvalue weighted by Crippen LogP contribution is 2.29. The van der Waals surface area contributed by atoms with Gasteiger partial charge in [-0.15, -0.1) is 16.5 Å². The molecule has 0 radical (unpaired) electrons. The number of aliphatic carboxylic acids is 1. The zero-order chi connectivity index (χ0) is 23.1. The normalized spacial score (nSPS) is 12.1. The molecule has 1 aromatic heterocycles. The van der Waals surface area contributed by atoms with Crippen molar-refractivity contribution in [2.75, 3.05) is 18.0 Å². The van der Waals surface area contributed by atoms with Crippen molar-refractivity contribution in [3.8, 4) is 11.3 Å². The number of hydrogen-bond acceptors (Lipinski definition) is 8. The average molecular weight is 454 g/mol. The third-order valence-electron chi connectivity index (χ3n) is 4.95. The van der Waals surface area contributed by atoms with E-state index < -0.39 is 16.9 Å². The van der Waals surface area contributed by atoms with Crippen molar-refractivity contribution >= 4 is 33.8 Å². The largest absolute Gasteiger partial charge is 0.480 e. The third kappa shape index (κ3) is 5.52. The molecular weight excluding hydrogens is 430 g/mol. The molecule has 0 aliphatic carbocycles. The number of para-hydroxylation sites is 1. The second-order valence-corrected chi connectivity index (χ2v) is 7.73. The lowest BCUT2D eigenvalue weighted by Gasteiger charge is -2.20. The Bertz CT molecular complexity index is 1110. The highest BCUT2D eigenvalue weighted by Gasteiger charge is 2.22. The van der Waals surface area contributed by atoms with Gasteiger partial charge in [-0.3, -0.25) is 10.1 Å². The van der Waals surface area contributed by atoms with Gasteiger partial charge in [0.2, 0.25) is 5.13 Å². The molecule has 0 fully saturated rings. The van der Waals surface area contributed by atoms with Crippen molar-refractivity contribution in [3.63, 3.8) is 0 Å². The topological polar surface area (TPSA) is 121 Å². The van der Waals surface area contributed by atoms with Crippen molar-refractivity contribution in [2.45, 2.75) is 26.3 Å². The molecule has 166 valence electrons. The highest BCUT2D eigenvalue weighted by atomic mass is 32.1. The van der Waals surface area contributed by atoms with E-state index in [9.17, 15) is 20.0 Å². The van der Waals surface area contributed by atoms with Crippen LogP contribution in [0, 0.1) is 10.1 Å². The molecule has 2 aromatic carbocycles. The van der Waals surface area contributed by atoms with Crippen LogP contribution in [0.4, 0.5) is 16.5 Å². The van der Waals surface area contributed by atoms with Crippen LogP contribution in [0.5, 0.6) is 0 Å². The number of carboxylic acids is 1. The Kier molecular flexibility index (Phi) is 7.61. The molecule has 3 rings (SSSR count). The molecule has 10 heteroatoms. The number of thiazole rings is 1. The summed E-state index contributed by atoms with van der Waals surface area (Å²) in [5.74, 6) is -1.21. The number of azo groups is 1. The average Bonchev–Trinajstić information content (AvgIpc) is 3.27. The zero-order valence-electron chi connectivity index (χ0n) is 17.7. The SMILES string of the molecule is CCN(CC)c1ccc(-c2csc(N=NC(Cc3ccccc3[N+](=O)[O-])C(=O)O)n2)cc1. The molecule has 0 aliphatic rings. The Morgan fingerprint density at radius 3 is 2.50 bits per heavy atom. The summed E-state index contributed by atoms with van der Waals surface area (Å²) in [5, 5.41) is 30.7. The van der Waals surface area contributed by atoms with E-state index in [4.69, 9.17) is 0 Å². The van der Waals surface area contributed by atoms with Crippen LogP contribution in [0.25, 0.3) is 11.3 Å². The first kappa shape index (κ1) is 23.0. The van der Waals surface area contributed by atoms with Crippen molar-refractivity contribution in [2.24, 2.45) is 10.2 Å².